The summed E-state index contributed by atoms with van der Waals surface area (Å²) in [5.41, 5.74) is -2.04. The first-order chi connectivity index (χ1) is 19.6. The molecular formula is C40H74O2. The minimum absolute atomic E-state index is 0.669. The molecule has 0 radical (unpaired) electrons. The normalized spacial score (nSPS) is 17.4. The van der Waals surface area contributed by atoms with E-state index in [1.807, 2.05) is 0 Å². The lowest BCUT2D eigenvalue weighted by Crippen LogP contribution is -2.22. The Kier molecular flexibility index (Phi) is 22.9. The molecule has 0 bridgehead atoms. The SMILES string of the molecule is CC(C)CCCC(C)CCCC(C)CCCC(C)(O)C#CC#CC(C)(O)CCCC(C)CCCC(C)CCCC(C)C. The summed E-state index contributed by atoms with van der Waals surface area (Å²) in [4.78, 5) is 0. The van der Waals surface area contributed by atoms with Crippen LogP contribution in [0.2, 0.25) is 0 Å². The minimum atomic E-state index is -1.02. The Morgan fingerprint density at radius 2 is 0.643 bits per heavy atom. The quantitative estimate of drug-likeness (QED) is 0.110. The molecule has 0 rings (SSSR count). The average molecular weight is 587 g/mol. The van der Waals surface area contributed by atoms with Crippen molar-refractivity contribution in [1.29, 1.82) is 0 Å². The minimum Gasteiger partial charge on any atom is -0.378 e. The fourth-order valence-corrected chi connectivity index (χ4v) is 6.00. The van der Waals surface area contributed by atoms with Crippen LogP contribution in [0.15, 0.2) is 0 Å². The third kappa shape index (κ3) is 26.7. The van der Waals surface area contributed by atoms with Gasteiger partial charge in [-0.3, -0.25) is 0 Å². The van der Waals surface area contributed by atoms with Crippen LogP contribution in [0.25, 0.3) is 0 Å². The van der Waals surface area contributed by atoms with Crippen molar-refractivity contribution in [2.24, 2.45) is 35.5 Å². The molecule has 2 nitrogen and oxygen atoms in total. The topological polar surface area (TPSA) is 40.5 Å². The van der Waals surface area contributed by atoms with E-state index in [4.69, 9.17) is 0 Å². The molecule has 6 unspecified atom stereocenters. The number of aliphatic hydroxyl groups is 2. The van der Waals surface area contributed by atoms with Crippen molar-refractivity contribution >= 4 is 0 Å². The average Bonchev–Trinajstić information content (AvgIpc) is 2.86. The van der Waals surface area contributed by atoms with Gasteiger partial charge < -0.3 is 10.2 Å². The predicted octanol–water partition coefficient (Wildman–Crippen LogP) is 11.4. The second kappa shape index (κ2) is 23.4. The fraction of sp³-hybridized carbons (Fsp3) is 0.900. The maximum atomic E-state index is 10.7. The van der Waals surface area contributed by atoms with Crippen LogP contribution >= 0.6 is 0 Å². The Morgan fingerprint density at radius 1 is 0.405 bits per heavy atom. The first-order valence-electron chi connectivity index (χ1n) is 18.1. The summed E-state index contributed by atoms with van der Waals surface area (Å²) in [6.45, 7) is 22.3. The first-order valence-corrected chi connectivity index (χ1v) is 18.1. The van der Waals surface area contributed by atoms with Gasteiger partial charge in [-0.1, -0.05) is 157 Å². The molecule has 0 saturated heterocycles. The molecule has 0 aromatic heterocycles. The van der Waals surface area contributed by atoms with E-state index in [0.29, 0.717) is 24.7 Å². The summed E-state index contributed by atoms with van der Waals surface area (Å²) in [5.74, 6) is 16.2. The zero-order valence-electron chi connectivity index (χ0n) is 30.1. The van der Waals surface area contributed by atoms with Crippen LogP contribution in [0.1, 0.15) is 185 Å². The van der Waals surface area contributed by atoms with Crippen LogP contribution in [-0.4, -0.2) is 21.4 Å². The summed E-state index contributed by atoms with van der Waals surface area (Å²) < 4.78 is 0. The van der Waals surface area contributed by atoms with E-state index in [1.165, 1.54) is 77.0 Å². The van der Waals surface area contributed by atoms with Gasteiger partial charge in [-0.25, -0.2) is 0 Å². The second-order valence-corrected chi connectivity index (χ2v) is 15.8. The van der Waals surface area contributed by atoms with Crippen LogP contribution in [0.3, 0.4) is 0 Å². The molecule has 2 N–H and O–H groups in total. The summed E-state index contributed by atoms with van der Waals surface area (Å²) in [6.07, 6.45) is 21.6. The smallest absolute Gasteiger partial charge is 0.123 e. The van der Waals surface area contributed by atoms with Gasteiger partial charge in [0.25, 0.3) is 0 Å². The Labute approximate surface area is 265 Å². The maximum Gasteiger partial charge on any atom is 0.123 e. The molecule has 2 heteroatoms. The van der Waals surface area contributed by atoms with E-state index in [0.717, 1.165) is 49.4 Å². The summed E-state index contributed by atoms with van der Waals surface area (Å²) in [5, 5.41) is 21.4. The van der Waals surface area contributed by atoms with Gasteiger partial charge in [0.2, 0.25) is 0 Å². The maximum absolute atomic E-state index is 10.7. The second-order valence-electron chi connectivity index (χ2n) is 15.8. The highest BCUT2D eigenvalue weighted by Gasteiger charge is 2.18. The van der Waals surface area contributed by atoms with E-state index in [-0.39, 0.29) is 0 Å². The molecule has 0 saturated carbocycles. The first kappa shape index (κ1) is 41.0. The lowest BCUT2D eigenvalue weighted by atomic mass is 9.90. The zero-order valence-corrected chi connectivity index (χ0v) is 30.1. The molecule has 0 aliphatic carbocycles. The molecular weight excluding hydrogens is 512 g/mol. The van der Waals surface area contributed by atoms with Crippen LogP contribution in [0, 0.1) is 59.2 Å². The van der Waals surface area contributed by atoms with Gasteiger partial charge in [0, 0.05) is 0 Å². The number of rotatable bonds is 24. The molecule has 0 aliphatic heterocycles. The van der Waals surface area contributed by atoms with Crippen LogP contribution < -0.4 is 0 Å². The molecule has 42 heavy (non-hydrogen) atoms. The number of hydrogen-bond donors (Lipinski definition) is 2. The molecule has 0 spiro atoms. The molecule has 0 fully saturated rings. The monoisotopic (exact) mass is 587 g/mol. The number of hydrogen-bond acceptors (Lipinski definition) is 2. The van der Waals surface area contributed by atoms with Crippen LogP contribution in [0.5, 0.6) is 0 Å². The Hall–Kier alpha value is -0.960. The Bertz CT molecular complexity index is 703. The van der Waals surface area contributed by atoms with Crippen molar-refractivity contribution in [2.75, 3.05) is 0 Å². The predicted molar refractivity (Wildman–Crippen MR) is 186 cm³/mol. The molecule has 246 valence electrons. The highest BCUT2D eigenvalue weighted by molar-refractivity contribution is 5.32. The third-order valence-corrected chi connectivity index (χ3v) is 9.19. The molecule has 0 aromatic rings. The van der Waals surface area contributed by atoms with Gasteiger partial charge in [0.05, 0.1) is 0 Å². The summed E-state index contributed by atoms with van der Waals surface area (Å²) in [7, 11) is 0. The molecule has 0 aromatic carbocycles. The fourth-order valence-electron chi connectivity index (χ4n) is 6.00. The molecule has 0 heterocycles. The third-order valence-electron chi connectivity index (χ3n) is 9.19. The van der Waals surface area contributed by atoms with Gasteiger partial charge in [-0.05, 0) is 86.9 Å². The van der Waals surface area contributed by atoms with E-state index >= 15 is 0 Å². The highest BCUT2D eigenvalue weighted by atomic mass is 16.3. The Balaban J connectivity index is 4.18. The van der Waals surface area contributed by atoms with E-state index in [2.05, 4.69) is 79.1 Å². The largest absolute Gasteiger partial charge is 0.378 e. The lowest BCUT2D eigenvalue weighted by molar-refractivity contribution is 0.106. The molecule has 0 aliphatic rings. The van der Waals surface area contributed by atoms with Gasteiger partial charge >= 0.3 is 0 Å². The van der Waals surface area contributed by atoms with Crippen molar-refractivity contribution in [3.05, 3.63) is 0 Å². The highest BCUT2D eigenvalue weighted by Crippen LogP contribution is 2.24. The van der Waals surface area contributed by atoms with Gasteiger partial charge in [-0.15, -0.1) is 0 Å². The molecule has 0 amide bonds. The van der Waals surface area contributed by atoms with Crippen molar-refractivity contribution in [2.45, 2.75) is 196 Å². The van der Waals surface area contributed by atoms with E-state index in [9.17, 15) is 10.2 Å². The Morgan fingerprint density at radius 3 is 0.905 bits per heavy atom. The molecule has 6 atom stereocenters. The standard InChI is InChI=1S/C40H74O2/c1-33(2)19-13-21-35(5)23-15-25-37(7)27-17-31-39(9,41)29-11-12-30-40(10,42)32-18-28-38(8)26-16-24-36(6)22-14-20-34(3)4/h33-38,41-42H,13-28,31-32H2,1-10H3. The van der Waals surface area contributed by atoms with Gasteiger partial charge in [-0.2, -0.15) is 0 Å². The van der Waals surface area contributed by atoms with E-state index < -0.39 is 11.2 Å². The zero-order chi connectivity index (χ0) is 32.0. The van der Waals surface area contributed by atoms with Crippen molar-refractivity contribution in [3.63, 3.8) is 0 Å². The van der Waals surface area contributed by atoms with Crippen molar-refractivity contribution in [1.82, 2.24) is 0 Å². The lowest BCUT2D eigenvalue weighted by Gasteiger charge is -2.19. The van der Waals surface area contributed by atoms with Crippen LogP contribution in [0.4, 0.5) is 0 Å². The van der Waals surface area contributed by atoms with E-state index in [1.54, 1.807) is 13.8 Å². The van der Waals surface area contributed by atoms with Crippen molar-refractivity contribution < 1.29 is 10.2 Å². The summed E-state index contributed by atoms with van der Waals surface area (Å²) in [6, 6.07) is 0. The summed E-state index contributed by atoms with van der Waals surface area (Å²) >= 11 is 0. The van der Waals surface area contributed by atoms with Crippen molar-refractivity contribution in [3.8, 4) is 23.7 Å². The van der Waals surface area contributed by atoms with Gasteiger partial charge in [0.15, 0.2) is 0 Å². The van der Waals surface area contributed by atoms with Gasteiger partial charge in [0.1, 0.15) is 11.2 Å². The van der Waals surface area contributed by atoms with Crippen LogP contribution in [-0.2, 0) is 0 Å².